The Morgan fingerprint density at radius 2 is 1.85 bits per heavy atom. The van der Waals surface area contributed by atoms with Crippen molar-refractivity contribution in [1.29, 1.82) is 0 Å². The molecule has 8 nitrogen and oxygen atoms in total. The minimum atomic E-state index is -0.475. The van der Waals surface area contributed by atoms with E-state index in [1.165, 1.54) is 19.4 Å². The summed E-state index contributed by atoms with van der Waals surface area (Å²) in [6, 6.07) is 12.6. The van der Waals surface area contributed by atoms with E-state index in [0.717, 1.165) is 42.4 Å². The fourth-order valence-electron chi connectivity index (χ4n) is 4.52. The van der Waals surface area contributed by atoms with Crippen LogP contribution in [-0.2, 0) is 6.54 Å². The van der Waals surface area contributed by atoms with Crippen molar-refractivity contribution in [3.63, 3.8) is 0 Å². The van der Waals surface area contributed by atoms with Crippen LogP contribution in [0.5, 0.6) is 0 Å². The SMILES string of the molecule is CCn1c(=O)[nH]c2cc(C(=O)Nc3cccc(N4CCN(CC5CC5)CC4)c3)ccc2c1=O. The summed E-state index contributed by atoms with van der Waals surface area (Å²) in [5, 5.41) is 3.33. The first-order chi connectivity index (χ1) is 16.0. The van der Waals surface area contributed by atoms with Gasteiger partial charge in [-0.2, -0.15) is 0 Å². The molecule has 2 aliphatic rings. The predicted octanol–water partition coefficient (Wildman–Crippen LogP) is 2.49. The fourth-order valence-corrected chi connectivity index (χ4v) is 4.52. The molecule has 1 aliphatic heterocycles. The lowest BCUT2D eigenvalue weighted by Crippen LogP contribution is -2.47. The summed E-state index contributed by atoms with van der Waals surface area (Å²) in [5.41, 5.74) is 1.73. The van der Waals surface area contributed by atoms with E-state index in [2.05, 4.69) is 26.2 Å². The highest BCUT2D eigenvalue weighted by Crippen LogP contribution is 2.30. The van der Waals surface area contributed by atoms with E-state index in [1.54, 1.807) is 25.1 Å². The van der Waals surface area contributed by atoms with Crippen LogP contribution in [0.2, 0.25) is 0 Å². The van der Waals surface area contributed by atoms with Crippen molar-refractivity contribution in [3.05, 3.63) is 68.9 Å². The molecular formula is C25H29N5O3. The second kappa shape index (κ2) is 8.86. The smallest absolute Gasteiger partial charge is 0.328 e. The highest BCUT2D eigenvalue weighted by Gasteiger charge is 2.26. The average molecular weight is 448 g/mol. The summed E-state index contributed by atoms with van der Waals surface area (Å²) in [6.45, 7) is 7.37. The number of aromatic amines is 1. The molecule has 1 saturated carbocycles. The van der Waals surface area contributed by atoms with Gasteiger partial charge in [0.25, 0.3) is 11.5 Å². The van der Waals surface area contributed by atoms with E-state index >= 15 is 0 Å². The Morgan fingerprint density at radius 3 is 2.58 bits per heavy atom. The first kappa shape index (κ1) is 21.5. The van der Waals surface area contributed by atoms with Crippen molar-refractivity contribution in [2.45, 2.75) is 26.3 Å². The maximum atomic E-state index is 12.9. The third kappa shape index (κ3) is 4.57. The number of nitrogens with one attached hydrogen (secondary N) is 2. The van der Waals surface area contributed by atoms with Gasteiger partial charge in [-0.05, 0) is 62.1 Å². The van der Waals surface area contributed by atoms with E-state index in [9.17, 15) is 14.4 Å². The van der Waals surface area contributed by atoms with Crippen molar-refractivity contribution in [3.8, 4) is 0 Å². The Balaban J connectivity index is 1.29. The zero-order chi connectivity index (χ0) is 22.9. The average Bonchev–Trinajstić information content (AvgIpc) is 3.63. The second-order valence-corrected chi connectivity index (χ2v) is 8.98. The van der Waals surface area contributed by atoms with E-state index in [0.29, 0.717) is 22.2 Å². The molecule has 0 radical (unpaired) electrons. The maximum Gasteiger partial charge on any atom is 0.328 e. The monoisotopic (exact) mass is 447 g/mol. The first-order valence-electron chi connectivity index (χ1n) is 11.7. The molecule has 2 fully saturated rings. The third-order valence-electron chi connectivity index (χ3n) is 6.62. The number of nitrogens with zero attached hydrogens (tertiary/aromatic N) is 3. The van der Waals surface area contributed by atoms with Crippen LogP contribution >= 0.6 is 0 Å². The molecule has 8 heteroatoms. The maximum absolute atomic E-state index is 12.9. The molecule has 1 aromatic heterocycles. The highest BCUT2D eigenvalue weighted by atomic mass is 16.2. The second-order valence-electron chi connectivity index (χ2n) is 8.98. The lowest BCUT2D eigenvalue weighted by atomic mass is 10.1. The van der Waals surface area contributed by atoms with Crippen LogP contribution in [0.4, 0.5) is 11.4 Å². The topological polar surface area (TPSA) is 90.4 Å². The summed E-state index contributed by atoms with van der Waals surface area (Å²) in [7, 11) is 0. The summed E-state index contributed by atoms with van der Waals surface area (Å²) in [4.78, 5) is 45.1. The minimum Gasteiger partial charge on any atom is -0.369 e. The van der Waals surface area contributed by atoms with E-state index < -0.39 is 5.69 Å². The predicted molar refractivity (Wildman–Crippen MR) is 130 cm³/mol. The number of hydrogen-bond donors (Lipinski definition) is 2. The summed E-state index contributed by atoms with van der Waals surface area (Å²) < 4.78 is 1.14. The van der Waals surface area contributed by atoms with Gasteiger partial charge in [0.05, 0.1) is 10.9 Å². The van der Waals surface area contributed by atoms with Gasteiger partial charge in [0, 0.05) is 56.2 Å². The van der Waals surface area contributed by atoms with Crippen LogP contribution in [0.25, 0.3) is 10.9 Å². The van der Waals surface area contributed by atoms with Gasteiger partial charge in [-0.1, -0.05) is 6.07 Å². The number of anilines is 2. The summed E-state index contributed by atoms with van der Waals surface area (Å²) in [5.74, 6) is 0.625. The van der Waals surface area contributed by atoms with Gasteiger partial charge in [0.1, 0.15) is 0 Å². The lowest BCUT2D eigenvalue weighted by molar-refractivity contribution is 0.102. The Hall–Kier alpha value is -3.39. The molecule has 172 valence electrons. The molecule has 1 saturated heterocycles. The number of piperazine rings is 1. The minimum absolute atomic E-state index is 0.288. The standard InChI is InChI=1S/C25H29N5O3/c1-2-30-24(32)21-9-8-18(14-22(21)27-25(30)33)23(31)26-19-4-3-5-20(15-19)29-12-10-28(11-13-29)16-17-6-7-17/h3-5,8-9,14-15,17H,2,6-7,10-13,16H2,1H3,(H,26,31)(H,27,33). The van der Waals surface area contributed by atoms with Gasteiger partial charge in [0.2, 0.25) is 0 Å². The molecule has 2 aromatic carbocycles. The molecule has 1 amide bonds. The van der Waals surface area contributed by atoms with Crippen LogP contribution in [0, 0.1) is 5.92 Å². The lowest BCUT2D eigenvalue weighted by Gasteiger charge is -2.36. The Bertz CT molecular complexity index is 1300. The highest BCUT2D eigenvalue weighted by molar-refractivity contribution is 6.06. The number of H-pyrrole nitrogens is 1. The number of carbonyl (C=O) groups excluding carboxylic acids is 1. The van der Waals surface area contributed by atoms with Crippen molar-refractivity contribution in [2.24, 2.45) is 5.92 Å². The Kier molecular flexibility index (Phi) is 5.76. The normalized spacial score (nSPS) is 16.8. The zero-order valence-corrected chi connectivity index (χ0v) is 18.8. The van der Waals surface area contributed by atoms with Crippen LogP contribution in [0.15, 0.2) is 52.1 Å². The number of rotatable bonds is 6. The Labute approximate surface area is 191 Å². The molecule has 0 spiro atoms. The molecule has 33 heavy (non-hydrogen) atoms. The van der Waals surface area contributed by atoms with Gasteiger partial charge in [0.15, 0.2) is 0 Å². The van der Waals surface area contributed by atoms with E-state index in [-0.39, 0.29) is 18.0 Å². The number of amides is 1. The zero-order valence-electron chi connectivity index (χ0n) is 18.8. The fraction of sp³-hybridized carbons (Fsp3) is 0.400. The summed E-state index contributed by atoms with van der Waals surface area (Å²) in [6.07, 6.45) is 2.76. The molecule has 0 bridgehead atoms. The van der Waals surface area contributed by atoms with Gasteiger partial charge in [-0.3, -0.25) is 19.1 Å². The van der Waals surface area contributed by atoms with Gasteiger partial charge in [-0.15, -0.1) is 0 Å². The van der Waals surface area contributed by atoms with E-state index in [1.807, 2.05) is 18.2 Å². The van der Waals surface area contributed by atoms with Crippen LogP contribution < -0.4 is 21.5 Å². The van der Waals surface area contributed by atoms with Crippen molar-refractivity contribution >= 4 is 28.2 Å². The van der Waals surface area contributed by atoms with Crippen LogP contribution in [0.1, 0.15) is 30.1 Å². The van der Waals surface area contributed by atoms with Crippen LogP contribution in [0.3, 0.4) is 0 Å². The molecule has 2 N–H and O–H groups in total. The van der Waals surface area contributed by atoms with Crippen LogP contribution in [-0.4, -0.2) is 53.1 Å². The molecule has 0 unspecified atom stereocenters. The van der Waals surface area contributed by atoms with Crippen molar-refractivity contribution in [2.75, 3.05) is 42.9 Å². The van der Waals surface area contributed by atoms with E-state index in [4.69, 9.17) is 0 Å². The number of hydrogen-bond acceptors (Lipinski definition) is 5. The molecule has 3 aromatic rings. The number of fused-ring (bicyclic) bond motifs is 1. The van der Waals surface area contributed by atoms with Gasteiger partial charge >= 0.3 is 5.69 Å². The molecular weight excluding hydrogens is 418 g/mol. The largest absolute Gasteiger partial charge is 0.369 e. The van der Waals surface area contributed by atoms with Crippen molar-refractivity contribution < 1.29 is 4.79 Å². The molecule has 1 aliphatic carbocycles. The van der Waals surface area contributed by atoms with Gasteiger partial charge in [-0.25, -0.2) is 4.79 Å². The van der Waals surface area contributed by atoms with Gasteiger partial charge < -0.3 is 15.2 Å². The molecule has 2 heterocycles. The van der Waals surface area contributed by atoms with Crippen molar-refractivity contribution in [1.82, 2.24) is 14.5 Å². The molecule has 5 rings (SSSR count). The summed E-state index contributed by atoms with van der Waals surface area (Å²) >= 11 is 0. The number of aromatic nitrogens is 2. The Morgan fingerprint density at radius 1 is 1.06 bits per heavy atom. The number of carbonyl (C=O) groups is 1. The quantitative estimate of drug-likeness (QED) is 0.606. The third-order valence-corrected chi connectivity index (χ3v) is 6.62. The first-order valence-corrected chi connectivity index (χ1v) is 11.7. The number of benzene rings is 2. The molecule has 0 atom stereocenters.